The second-order valence-corrected chi connectivity index (χ2v) is 4.04. The third-order valence-electron chi connectivity index (χ3n) is 2.58. The smallest absolute Gasteiger partial charge is 0.189 e. The van der Waals surface area contributed by atoms with Gasteiger partial charge in [-0.1, -0.05) is 0 Å². The fraction of sp³-hybridized carbons (Fsp3) is 0.0769. The van der Waals surface area contributed by atoms with Gasteiger partial charge in [0.15, 0.2) is 11.5 Å². The van der Waals surface area contributed by atoms with Gasteiger partial charge in [0.1, 0.15) is 18.2 Å². The summed E-state index contributed by atoms with van der Waals surface area (Å²) in [7, 11) is 0. The number of rotatable bonds is 3. The highest BCUT2D eigenvalue weighted by atomic mass is 19.1. The largest absolute Gasteiger partial charge is 0.486 e. The molecule has 3 aromatic rings. The fourth-order valence-electron chi connectivity index (χ4n) is 1.68. The minimum Gasteiger partial charge on any atom is -0.486 e. The summed E-state index contributed by atoms with van der Waals surface area (Å²) in [5.74, 6) is 0.809. The normalized spacial score (nSPS) is 10.8. The molecule has 5 nitrogen and oxygen atoms in total. The second kappa shape index (κ2) is 4.56. The molecule has 0 amide bonds. The molecule has 0 atom stereocenters. The molecule has 0 saturated heterocycles. The summed E-state index contributed by atoms with van der Waals surface area (Å²) in [6, 6.07) is 9.34. The van der Waals surface area contributed by atoms with Crippen molar-refractivity contribution in [2.75, 3.05) is 5.73 Å². The van der Waals surface area contributed by atoms with Crippen molar-refractivity contribution >= 4 is 11.3 Å². The van der Waals surface area contributed by atoms with Gasteiger partial charge in [-0.25, -0.2) is 13.9 Å². The van der Waals surface area contributed by atoms with Crippen LogP contribution in [0.4, 0.5) is 10.1 Å². The van der Waals surface area contributed by atoms with Crippen molar-refractivity contribution in [2.45, 2.75) is 6.61 Å². The lowest BCUT2D eigenvalue weighted by Crippen LogP contribution is -1.98. The summed E-state index contributed by atoms with van der Waals surface area (Å²) in [6.45, 7) is 0.215. The molecule has 0 fully saturated rings. The highest BCUT2D eigenvalue weighted by Gasteiger charge is 2.04. The van der Waals surface area contributed by atoms with E-state index in [2.05, 4.69) is 10.1 Å². The summed E-state index contributed by atoms with van der Waals surface area (Å²) in [4.78, 5) is 4.28. The Morgan fingerprint density at radius 3 is 2.74 bits per heavy atom. The zero-order valence-corrected chi connectivity index (χ0v) is 9.95. The van der Waals surface area contributed by atoms with Crippen LogP contribution in [0.15, 0.2) is 42.6 Å². The standard InChI is InChI=1S/C13H11FN4O/c14-9-1-4-11(5-2-9)19-8-12-16-13-6-3-10(15)7-18(13)17-12/h1-7H,8,15H2. The van der Waals surface area contributed by atoms with E-state index in [0.29, 0.717) is 22.9 Å². The summed E-state index contributed by atoms with van der Waals surface area (Å²) in [5.41, 5.74) is 6.97. The SMILES string of the molecule is Nc1ccc2nc(COc3ccc(F)cc3)nn2c1. The molecule has 6 heteroatoms. The van der Waals surface area contributed by atoms with E-state index in [4.69, 9.17) is 10.5 Å². The first-order chi connectivity index (χ1) is 9.20. The van der Waals surface area contributed by atoms with Gasteiger partial charge in [0.25, 0.3) is 0 Å². The minimum atomic E-state index is -0.298. The van der Waals surface area contributed by atoms with E-state index in [9.17, 15) is 4.39 Å². The highest BCUT2D eigenvalue weighted by Crippen LogP contribution is 2.13. The number of benzene rings is 1. The van der Waals surface area contributed by atoms with E-state index in [-0.39, 0.29) is 12.4 Å². The van der Waals surface area contributed by atoms with Gasteiger partial charge in [-0.3, -0.25) is 0 Å². The van der Waals surface area contributed by atoms with Crippen LogP contribution in [0.1, 0.15) is 5.82 Å². The molecule has 1 aromatic carbocycles. The third kappa shape index (κ3) is 2.47. The Balaban J connectivity index is 1.76. The monoisotopic (exact) mass is 258 g/mol. The van der Waals surface area contributed by atoms with Crippen LogP contribution in [0.3, 0.4) is 0 Å². The number of aromatic nitrogens is 3. The summed E-state index contributed by atoms with van der Waals surface area (Å²) in [6.07, 6.45) is 1.68. The molecule has 2 N–H and O–H groups in total. The summed E-state index contributed by atoms with van der Waals surface area (Å²) < 4.78 is 19.8. The van der Waals surface area contributed by atoms with Gasteiger partial charge >= 0.3 is 0 Å². The van der Waals surface area contributed by atoms with Gasteiger partial charge in [0, 0.05) is 0 Å². The van der Waals surface area contributed by atoms with Crippen LogP contribution in [-0.4, -0.2) is 14.6 Å². The van der Waals surface area contributed by atoms with Crippen LogP contribution in [0, 0.1) is 5.82 Å². The molecule has 0 unspecified atom stereocenters. The quantitative estimate of drug-likeness (QED) is 0.780. The molecule has 0 spiro atoms. The van der Waals surface area contributed by atoms with Crippen molar-refractivity contribution in [3.05, 3.63) is 54.2 Å². The van der Waals surface area contributed by atoms with E-state index in [1.54, 1.807) is 35.0 Å². The molecular formula is C13H11FN4O. The predicted octanol–water partition coefficient (Wildman–Crippen LogP) is 2.03. The molecule has 2 heterocycles. The number of anilines is 1. The number of nitrogens with two attached hydrogens (primary N) is 1. The van der Waals surface area contributed by atoms with Crippen LogP contribution in [0.25, 0.3) is 5.65 Å². The predicted molar refractivity (Wildman–Crippen MR) is 68.1 cm³/mol. The third-order valence-corrected chi connectivity index (χ3v) is 2.58. The second-order valence-electron chi connectivity index (χ2n) is 4.04. The molecule has 96 valence electrons. The fourth-order valence-corrected chi connectivity index (χ4v) is 1.68. The van der Waals surface area contributed by atoms with E-state index < -0.39 is 0 Å². The first kappa shape index (κ1) is 11.5. The van der Waals surface area contributed by atoms with Crippen molar-refractivity contribution in [3.8, 4) is 5.75 Å². The average molecular weight is 258 g/mol. The molecular weight excluding hydrogens is 247 g/mol. The lowest BCUT2D eigenvalue weighted by Gasteiger charge is -2.02. The molecule has 0 aliphatic heterocycles. The minimum absolute atomic E-state index is 0.215. The maximum Gasteiger partial charge on any atom is 0.189 e. The lowest BCUT2D eigenvalue weighted by atomic mass is 10.3. The maximum atomic E-state index is 12.7. The summed E-state index contributed by atoms with van der Waals surface area (Å²) >= 11 is 0. The molecule has 0 aliphatic rings. The topological polar surface area (TPSA) is 65.4 Å². The van der Waals surface area contributed by atoms with Crippen molar-refractivity contribution in [1.29, 1.82) is 0 Å². The first-order valence-corrected chi connectivity index (χ1v) is 5.70. The van der Waals surface area contributed by atoms with Crippen LogP contribution in [0.5, 0.6) is 5.75 Å². The number of pyridine rings is 1. The van der Waals surface area contributed by atoms with Gasteiger partial charge in [0.2, 0.25) is 0 Å². The molecule has 0 bridgehead atoms. The van der Waals surface area contributed by atoms with Gasteiger partial charge in [-0.2, -0.15) is 0 Å². The molecule has 2 aromatic heterocycles. The number of nitrogen functional groups attached to an aromatic ring is 1. The number of ether oxygens (including phenoxy) is 1. The first-order valence-electron chi connectivity index (χ1n) is 5.70. The number of hydrogen-bond donors (Lipinski definition) is 1. The van der Waals surface area contributed by atoms with Crippen molar-refractivity contribution in [3.63, 3.8) is 0 Å². The van der Waals surface area contributed by atoms with Gasteiger partial charge < -0.3 is 10.5 Å². The zero-order chi connectivity index (χ0) is 13.2. The maximum absolute atomic E-state index is 12.7. The van der Waals surface area contributed by atoms with E-state index in [0.717, 1.165) is 0 Å². The molecule has 19 heavy (non-hydrogen) atoms. The Kier molecular flexibility index (Phi) is 2.75. The Bertz CT molecular complexity index is 708. The Morgan fingerprint density at radius 2 is 1.95 bits per heavy atom. The molecule has 3 rings (SSSR count). The van der Waals surface area contributed by atoms with Crippen LogP contribution in [-0.2, 0) is 6.61 Å². The van der Waals surface area contributed by atoms with Gasteiger partial charge in [-0.15, -0.1) is 5.10 Å². The number of hydrogen-bond acceptors (Lipinski definition) is 4. The lowest BCUT2D eigenvalue weighted by molar-refractivity contribution is 0.295. The van der Waals surface area contributed by atoms with Crippen LogP contribution in [0.2, 0.25) is 0 Å². The number of nitrogens with zero attached hydrogens (tertiary/aromatic N) is 3. The van der Waals surface area contributed by atoms with Gasteiger partial charge in [0.05, 0.1) is 11.9 Å². The zero-order valence-electron chi connectivity index (χ0n) is 9.95. The molecule has 0 aliphatic carbocycles. The van der Waals surface area contributed by atoms with Crippen LogP contribution < -0.4 is 10.5 Å². The van der Waals surface area contributed by atoms with Crippen molar-refractivity contribution in [2.24, 2.45) is 0 Å². The Morgan fingerprint density at radius 1 is 1.16 bits per heavy atom. The highest BCUT2D eigenvalue weighted by molar-refractivity contribution is 5.46. The summed E-state index contributed by atoms with van der Waals surface area (Å²) in [5, 5.41) is 4.23. The average Bonchev–Trinajstić information content (AvgIpc) is 2.80. The Labute approximate surface area is 108 Å². The number of fused-ring (bicyclic) bond motifs is 1. The molecule has 0 radical (unpaired) electrons. The van der Waals surface area contributed by atoms with Crippen LogP contribution >= 0.6 is 0 Å². The Hall–Kier alpha value is -2.63. The molecule has 0 saturated carbocycles. The van der Waals surface area contributed by atoms with E-state index in [1.807, 2.05) is 0 Å². The van der Waals surface area contributed by atoms with E-state index in [1.165, 1.54) is 12.1 Å². The van der Waals surface area contributed by atoms with Crippen molar-refractivity contribution < 1.29 is 9.13 Å². The van der Waals surface area contributed by atoms with Crippen molar-refractivity contribution in [1.82, 2.24) is 14.6 Å². The number of halogens is 1. The van der Waals surface area contributed by atoms with E-state index >= 15 is 0 Å². The van der Waals surface area contributed by atoms with Gasteiger partial charge in [-0.05, 0) is 36.4 Å².